The molecular formula is C19H14ClF2N3O2S. The molecule has 0 aliphatic rings. The van der Waals surface area contributed by atoms with Crippen molar-refractivity contribution in [2.24, 2.45) is 0 Å². The van der Waals surface area contributed by atoms with Gasteiger partial charge in [0.05, 0.1) is 21.4 Å². The largest absolute Gasteiger partial charge is 0.308 e. The van der Waals surface area contributed by atoms with Crippen molar-refractivity contribution >= 4 is 33.6 Å². The van der Waals surface area contributed by atoms with E-state index < -0.39 is 21.7 Å². The molecule has 0 radical (unpaired) electrons. The maximum absolute atomic E-state index is 13.2. The summed E-state index contributed by atoms with van der Waals surface area (Å²) >= 11 is 5.86. The van der Waals surface area contributed by atoms with Crippen LogP contribution in [-0.4, -0.2) is 23.4 Å². The van der Waals surface area contributed by atoms with Crippen molar-refractivity contribution < 1.29 is 17.2 Å². The molecule has 0 aliphatic carbocycles. The fourth-order valence-electron chi connectivity index (χ4n) is 2.47. The molecule has 0 N–H and O–H groups in total. The van der Waals surface area contributed by atoms with Gasteiger partial charge in [-0.3, -0.25) is 4.98 Å². The van der Waals surface area contributed by atoms with Crippen molar-refractivity contribution in [2.45, 2.75) is 17.6 Å². The van der Waals surface area contributed by atoms with Crippen molar-refractivity contribution in [3.8, 4) is 0 Å². The summed E-state index contributed by atoms with van der Waals surface area (Å²) in [5.74, 6) is -0.977. The Morgan fingerprint density at radius 3 is 2.43 bits per heavy atom. The van der Waals surface area contributed by atoms with Gasteiger partial charge in [0.1, 0.15) is 5.82 Å². The lowest BCUT2D eigenvalue weighted by molar-refractivity contribution is 0.538. The maximum Gasteiger partial charge on any atom is 0.308 e. The van der Waals surface area contributed by atoms with Crippen LogP contribution < -0.4 is 0 Å². The number of benzene rings is 1. The lowest BCUT2D eigenvalue weighted by Gasteiger charge is -2.08. The molecule has 2 heterocycles. The van der Waals surface area contributed by atoms with E-state index in [4.69, 9.17) is 11.6 Å². The van der Waals surface area contributed by atoms with Gasteiger partial charge < -0.3 is 0 Å². The molecule has 0 aliphatic heterocycles. The summed E-state index contributed by atoms with van der Waals surface area (Å²) in [6.45, 7) is 1.74. The molecule has 0 spiro atoms. The highest BCUT2D eigenvalue weighted by Gasteiger charge is 2.20. The maximum atomic E-state index is 13.2. The van der Waals surface area contributed by atoms with Crippen LogP contribution in [0, 0.1) is 18.8 Å². The Labute approximate surface area is 165 Å². The van der Waals surface area contributed by atoms with Gasteiger partial charge in [-0.15, -0.1) is 0 Å². The molecule has 0 atom stereocenters. The molecule has 0 fully saturated rings. The third-order valence-electron chi connectivity index (χ3n) is 3.85. The van der Waals surface area contributed by atoms with Crippen LogP contribution in [0.5, 0.6) is 0 Å². The number of sulfone groups is 1. The van der Waals surface area contributed by atoms with Crippen molar-refractivity contribution in [1.29, 1.82) is 0 Å². The number of aromatic nitrogens is 3. The van der Waals surface area contributed by atoms with Gasteiger partial charge in [0.2, 0.25) is 0 Å². The molecule has 3 aromatic rings. The van der Waals surface area contributed by atoms with E-state index in [1.165, 1.54) is 12.4 Å². The van der Waals surface area contributed by atoms with E-state index in [0.29, 0.717) is 17.0 Å². The zero-order chi connectivity index (χ0) is 20.3. The van der Waals surface area contributed by atoms with Gasteiger partial charge in [0, 0.05) is 23.7 Å². The van der Waals surface area contributed by atoms with Crippen LogP contribution in [-0.2, 0) is 15.6 Å². The van der Waals surface area contributed by atoms with E-state index in [1.807, 2.05) is 0 Å². The molecule has 144 valence electrons. The van der Waals surface area contributed by atoms with Gasteiger partial charge in [0.25, 0.3) is 0 Å². The van der Waals surface area contributed by atoms with E-state index in [2.05, 4.69) is 15.0 Å². The molecular weight excluding hydrogens is 408 g/mol. The normalized spacial score (nSPS) is 11.9. The minimum absolute atomic E-state index is 0.143. The van der Waals surface area contributed by atoms with Gasteiger partial charge in [0.15, 0.2) is 9.84 Å². The van der Waals surface area contributed by atoms with Crippen LogP contribution in [0.4, 0.5) is 8.78 Å². The number of nitrogens with zero attached hydrogens (tertiary/aromatic N) is 3. The molecule has 1 aromatic carbocycles. The lowest BCUT2D eigenvalue weighted by Crippen LogP contribution is -2.08. The van der Waals surface area contributed by atoms with Crippen LogP contribution in [0.25, 0.3) is 12.2 Å². The summed E-state index contributed by atoms with van der Waals surface area (Å²) in [5, 5.41) is -0.169. The van der Waals surface area contributed by atoms with Gasteiger partial charge in [-0.05, 0) is 36.8 Å². The van der Waals surface area contributed by atoms with Crippen LogP contribution in [0.1, 0.15) is 22.5 Å². The predicted molar refractivity (Wildman–Crippen MR) is 102 cm³/mol. The number of pyridine rings is 1. The topological polar surface area (TPSA) is 72.8 Å². The fraction of sp³-hybridized carbons (Fsp3) is 0.105. The van der Waals surface area contributed by atoms with E-state index in [1.54, 1.807) is 31.2 Å². The van der Waals surface area contributed by atoms with E-state index >= 15 is 0 Å². The standard InChI is InChI=1S/C19H14ClF2N3O2S/c1-12-14(3-2-13-9-23-19(22)24-10-13)4-6-16(25-12)11-28(26,27)18-7-5-15(21)8-17(18)20/h2-10H,11H2,1H3/b3-2+. The predicted octanol–water partition coefficient (Wildman–Crippen LogP) is 4.26. The van der Waals surface area contributed by atoms with Crippen LogP contribution in [0.2, 0.25) is 5.02 Å². The first-order valence-electron chi connectivity index (χ1n) is 8.04. The first-order chi connectivity index (χ1) is 13.2. The summed E-state index contributed by atoms with van der Waals surface area (Å²) < 4.78 is 51.0. The smallest absolute Gasteiger partial charge is 0.256 e. The highest BCUT2D eigenvalue weighted by Crippen LogP contribution is 2.25. The Bertz CT molecular complexity index is 1150. The Kier molecular flexibility index (Phi) is 5.81. The minimum Gasteiger partial charge on any atom is -0.256 e. The molecule has 0 unspecified atom stereocenters. The van der Waals surface area contributed by atoms with Gasteiger partial charge >= 0.3 is 6.08 Å². The van der Waals surface area contributed by atoms with Crippen molar-refractivity contribution in [2.75, 3.05) is 0 Å². The number of aryl methyl sites for hydroxylation is 1. The Balaban J connectivity index is 1.81. The molecule has 9 heteroatoms. The number of hydrogen-bond donors (Lipinski definition) is 0. The van der Waals surface area contributed by atoms with E-state index in [0.717, 1.165) is 23.8 Å². The summed E-state index contributed by atoms with van der Waals surface area (Å²) in [6, 6.07) is 6.45. The Hall–Kier alpha value is -2.71. The average Bonchev–Trinajstić information content (AvgIpc) is 2.62. The molecule has 0 saturated carbocycles. The van der Waals surface area contributed by atoms with Crippen LogP contribution >= 0.6 is 11.6 Å². The fourth-order valence-corrected chi connectivity index (χ4v) is 4.33. The first kappa shape index (κ1) is 20.0. The average molecular weight is 422 g/mol. The van der Waals surface area contributed by atoms with Crippen LogP contribution in [0.3, 0.4) is 0 Å². The third kappa shape index (κ3) is 4.76. The SMILES string of the molecule is Cc1nc(CS(=O)(=O)c2ccc(F)cc2Cl)ccc1/C=C/c1cnc(F)nc1. The minimum atomic E-state index is -3.78. The summed E-state index contributed by atoms with van der Waals surface area (Å²) in [7, 11) is -3.78. The first-order valence-corrected chi connectivity index (χ1v) is 10.1. The second-order valence-electron chi connectivity index (χ2n) is 5.93. The Morgan fingerprint density at radius 2 is 1.79 bits per heavy atom. The number of rotatable bonds is 5. The van der Waals surface area contributed by atoms with E-state index in [9.17, 15) is 17.2 Å². The highest BCUT2D eigenvalue weighted by atomic mass is 35.5. The lowest BCUT2D eigenvalue weighted by atomic mass is 10.1. The zero-order valence-corrected chi connectivity index (χ0v) is 16.2. The molecule has 0 amide bonds. The quantitative estimate of drug-likeness (QED) is 0.454. The van der Waals surface area contributed by atoms with Gasteiger partial charge in [-0.25, -0.2) is 22.8 Å². The molecule has 5 nitrogen and oxygen atoms in total. The zero-order valence-electron chi connectivity index (χ0n) is 14.6. The molecule has 0 saturated heterocycles. The van der Waals surface area contributed by atoms with Gasteiger partial charge in [-0.1, -0.05) is 29.8 Å². The molecule has 28 heavy (non-hydrogen) atoms. The van der Waals surface area contributed by atoms with Crippen molar-refractivity contribution in [3.63, 3.8) is 0 Å². The summed E-state index contributed by atoms with van der Waals surface area (Å²) in [4.78, 5) is 11.1. The summed E-state index contributed by atoms with van der Waals surface area (Å²) in [5.41, 5.74) is 2.31. The molecule has 0 bridgehead atoms. The summed E-state index contributed by atoms with van der Waals surface area (Å²) in [6.07, 6.45) is 5.32. The Morgan fingerprint density at radius 1 is 1.07 bits per heavy atom. The highest BCUT2D eigenvalue weighted by molar-refractivity contribution is 7.90. The molecule has 3 rings (SSSR count). The van der Waals surface area contributed by atoms with E-state index in [-0.39, 0.29) is 15.7 Å². The second-order valence-corrected chi connectivity index (χ2v) is 8.30. The second kappa shape index (κ2) is 8.12. The van der Waals surface area contributed by atoms with Gasteiger partial charge in [-0.2, -0.15) is 4.39 Å². The number of halogens is 3. The van der Waals surface area contributed by atoms with Crippen molar-refractivity contribution in [3.05, 3.63) is 82.2 Å². The van der Waals surface area contributed by atoms with Crippen molar-refractivity contribution in [1.82, 2.24) is 15.0 Å². The monoisotopic (exact) mass is 421 g/mol. The van der Waals surface area contributed by atoms with Crippen LogP contribution in [0.15, 0.2) is 47.6 Å². The third-order valence-corrected chi connectivity index (χ3v) is 5.97. The molecule has 2 aromatic heterocycles. The number of hydrogen-bond acceptors (Lipinski definition) is 5.